The minimum Gasteiger partial charge on any atom is -0.508 e. The Bertz CT molecular complexity index is 741. The molecule has 2 saturated heterocycles. The van der Waals surface area contributed by atoms with Crippen molar-refractivity contribution in [3.63, 3.8) is 0 Å². The summed E-state index contributed by atoms with van der Waals surface area (Å²) in [6.07, 6.45) is 0.233. The number of aliphatic hydroxyl groups is 1. The van der Waals surface area contributed by atoms with Gasteiger partial charge in [-0.1, -0.05) is 23.2 Å². The van der Waals surface area contributed by atoms with Gasteiger partial charge in [0.25, 0.3) is 5.91 Å². The molecule has 0 unspecified atom stereocenters. The van der Waals surface area contributed by atoms with E-state index in [1.807, 2.05) is 0 Å². The van der Waals surface area contributed by atoms with E-state index in [2.05, 4.69) is 0 Å². The molecule has 2 aliphatic rings. The minimum atomic E-state index is -0.977. The van der Waals surface area contributed by atoms with Gasteiger partial charge in [-0.15, -0.1) is 0 Å². The number of phenols is 1. The molecule has 0 radical (unpaired) electrons. The van der Waals surface area contributed by atoms with Crippen LogP contribution in [0.2, 0.25) is 10.0 Å². The zero-order chi connectivity index (χ0) is 19.7. The van der Waals surface area contributed by atoms with Crippen LogP contribution in [0.5, 0.6) is 5.75 Å². The first kappa shape index (κ1) is 20.2. The summed E-state index contributed by atoms with van der Waals surface area (Å²) >= 11 is 12.4. The Labute approximate surface area is 167 Å². The highest BCUT2D eigenvalue weighted by atomic mass is 35.5. The number of rotatable bonds is 4. The van der Waals surface area contributed by atoms with Crippen LogP contribution in [0.4, 0.5) is 0 Å². The lowest BCUT2D eigenvalue weighted by atomic mass is 9.83. The number of hydrogen-bond acceptors (Lipinski definition) is 5. The summed E-state index contributed by atoms with van der Waals surface area (Å²) in [5.74, 6) is -0.528. The fraction of sp³-hybridized carbons (Fsp3) is 0.556. The summed E-state index contributed by atoms with van der Waals surface area (Å²) in [7, 11) is 1.34. The van der Waals surface area contributed by atoms with E-state index in [-0.39, 0.29) is 30.2 Å². The molecule has 2 fully saturated rings. The number of carbonyl (C=O) groups excluding carboxylic acids is 2. The van der Waals surface area contributed by atoms with E-state index in [0.29, 0.717) is 41.5 Å². The first-order chi connectivity index (χ1) is 12.9. The van der Waals surface area contributed by atoms with Crippen LogP contribution in [0, 0.1) is 0 Å². The summed E-state index contributed by atoms with van der Waals surface area (Å²) in [6, 6.07) is 2.87. The van der Waals surface area contributed by atoms with Crippen molar-refractivity contribution >= 4 is 35.0 Å². The maximum absolute atomic E-state index is 12.5. The molecule has 27 heavy (non-hydrogen) atoms. The van der Waals surface area contributed by atoms with Crippen LogP contribution in [-0.4, -0.2) is 77.3 Å². The van der Waals surface area contributed by atoms with Crippen LogP contribution in [0.15, 0.2) is 12.1 Å². The van der Waals surface area contributed by atoms with E-state index in [9.17, 15) is 19.8 Å². The van der Waals surface area contributed by atoms with Gasteiger partial charge in [0.1, 0.15) is 5.75 Å². The Hall–Kier alpha value is -1.54. The molecule has 148 valence electrons. The maximum Gasteiger partial charge on any atom is 0.254 e. The number of hydrogen-bond donors (Lipinski definition) is 2. The Morgan fingerprint density at radius 1 is 1.41 bits per heavy atom. The van der Waals surface area contributed by atoms with Crippen molar-refractivity contribution in [1.29, 1.82) is 0 Å². The number of aromatic hydroxyl groups is 1. The van der Waals surface area contributed by atoms with Gasteiger partial charge < -0.3 is 24.7 Å². The predicted molar refractivity (Wildman–Crippen MR) is 100 cm³/mol. The van der Waals surface area contributed by atoms with Crippen molar-refractivity contribution in [3.05, 3.63) is 27.7 Å². The molecule has 9 heteroatoms. The quantitative estimate of drug-likeness (QED) is 0.777. The standard InChI is InChI=1S/C18H22Cl2N2O5/c1-27-14(9-23)18(26)21-7-11-6-10(4-5-22(11)15(25)8-21)16-13(24)3-2-12(19)17(16)20/h2-3,10-11,14,23-24H,4-9H2,1H3/t10-,11+,14-/m1/s1. The van der Waals surface area contributed by atoms with E-state index < -0.39 is 18.6 Å². The molecule has 2 amide bonds. The first-order valence-corrected chi connectivity index (χ1v) is 9.51. The number of nitrogens with zero attached hydrogens (tertiary/aromatic N) is 2. The van der Waals surface area contributed by atoms with E-state index >= 15 is 0 Å². The number of piperazine rings is 1. The third kappa shape index (κ3) is 3.87. The zero-order valence-electron chi connectivity index (χ0n) is 14.9. The topological polar surface area (TPSA) is 90.3 Å². The highest BCUT2D eigenvalue weighted by molar-refractivity contribution is 6.42. The predicted octanol–water partition coefficient (Wildman–Crippen LogP) is 1.62. The molecule has 7 nitrogen and oxygen atoms in total. The highest BCUT2D eigenvalue weighted by Gasteiger charge is 2.41. The van der Waals surface area contributed by atoms with Crippen LogP contribution < -0.4 is 0 Å². The van der Waals surface area contributed by atoms with Crippen molar-refractivity contribution < 1.29 is 24.5 Å². The number of carbonyl (C=O) groups is 2. The molecule has 0 aliphatic carbocycles. The summed E-state index contributed by atoms with van der Waals surface area (Å²) in [5.41, 5.74) is 0.588. The second-order valence-corrected chi connectivity index (χ2v) is 7.67. The summed E-state index contributed by atoms with van der Waals surface area (Å²) < 4.78 is 4.99. The number of aliphatic hydroxyl groups excluding tert-OH is 1. The average molecular weight is 417 g/mol. The molecular weight excluding hydrogens is 395 g/mol. The Morgan fingerprint density at radius 3 is 2.81 bits per heavy atom. The van der Waals surface area contributed by atoms with Crippen LogP contribution in [0.1, 0.15) is 24.3 Å². The third-order valence-corrected chi connectivity index (χ3v) is 6.17. The number of halogens is 2. The van der Waals surface area contributed by atoms with Gasteiger partial charge in [0, 0.05) is 31.8 Å². The van der Waals surface area contributed by atoms with Gasteiger partial charge in [0.2, 0.25) is 5.91 Å². The van der Waals surface area contributed by atoms with E-state index in [0.717, 1.165) is 0 Å². The van der Waals surface area contributed by atoms with Gasteiger partial charge in [-0.3, -0.25) is 9.59 Å². The van der Waals surface area contributed by atoms with Crippen LogP contribution >= 0.6 is 23.2 Å². The van der Waals surface area contributed by atoms with Gasteiger partial charge in [0.05, 0.1) is 23.2 Å². The summed E-state index contributed by atoms with van der Waals surface area (Å²) in [6.45, 7) is 0.401. The SMILES string of the molecule is CO[C@H](CO)C(=O)N1CC(=O)N2CC[C@@H](c3c(O)ccc(Cl)c3Cl)C[C@H]2C1. The van der Waals surface area contributed by atoms with Crippen molar-refractivity contribution in [2.45, 2.75) is 30.9 Å². The van der Waals surface area contributed by atoms with Gasteiger partial charge >= 0.3 is 0 Å². The highest BCUT2D eigenvalue weighted by Crippen LogP contribution is 2.43. The lowest BCUT2D eigenvalue weighted by Crippen LogP contribution is -2.61. The molecule has 1 aromatic rings. The first-order valence-electron chi connectivity index (χ1n) is 8.76. The van der Waals surface area contributed by atoms with Crippen molar-refractivity contribution in [2.24, 2.45) is 0 Å². The number of fused-ring (bicyclic) bond motifs is 1. The molecule has 3 rings (SSSR count). The number of piperidine rings is 1. The fourth-order valence-electron chi connectivity index (χ4n) is 3.96. The summed E-state index contributed by atoms with van der Waals surface area (Å²) in [5, 5.41) is 20.2. The van der Waals surface area contributed by atoms with Crippen LogP contribution in [0.25, 0.3) is 0 Å². The van der Waals surface area contributed by atoms with E-state index in [4.69, 9.17) is 27.9 Å². The fourth-order valence-corrected chi connectivity index (χ4v) is 4.44. The minimum absolute atomic E-state index is 0.0248. The van der Waals surface area contributed by atoms with Gasteiger partial charge in [-0.05, 0) is 30.9 Å². The molecule has 2 aliphatic heterocycles. The number of benzene rings is 1. The molecule has 0 spiro atoms. The van der Waals surface area contributed by atoms with Gasteiger partial charge in [0.15, 0.2) is 6.10 Å². The molecule has 0 bridgehead atoms. The second kappa shape index (κ2) is 8.22. The number of phenolic OH excluding ortho intramolecular Hbond substituents is 1. The normalized spacial score (nSPS) is 23.9. The Kier molecular flexibility index (Phi) is 6.15. The number of ether oxygens (including phenoxy) is 1. The maximum atomic E-state index is 12.5. The zero-order valence-corrected chi connectivity index (χ0v) is 16.4. The smallest absolute Gasteiger partial charge is 0.254 e. The molecule has 3 atom stereocenters. The van der Waals surface area contributed by atoms with Crippen LogP contribution in [-0.2, 0) is 14.3 Å². The Balaban J connectivity index is 1.80. The summed E-state index contributed by atoms with van der Waals surface area (Å²) in [4.78, 5) is 28.2. The Morgan fingerprint density at radius 2 is 2.15 bits per heavy atom. The van der Waals surface area contributed by atoms with Crippen molar-refractivity contribution in [1.82, 2.24) is 9.80 Å². The molecule has 1 aromatic carbocycles. The largest absolute Gasteiger partial charge is 0.508 e. The number of amides is 2. The molecule has 2 heterocycles. The number of methoxy groups -OCH3 is 1. The monoisotopic (exact) mass is 416 g/mol. The van der Waals surface area contributed by atoms with Gasteiger partial charge in [-0.2, -0.15) is 0 Å². The third-order valence-electron chi connectivity index (χ3n) is 5.35. The van der Waals surface area contributed by atoms with Crippen molar-refractivity contribution in [2.75, 3.05) is 33.4 Å². The molecule has 0 aromatic heterocycles. The van der Waals surface area contributed by atoms with Crippen molar-refractivity contribution in [3.8, 4) is 5.75 Å². The lowest BCUT2D eigenvalue weighted by Gasteiger charge is -2.46. The van der Waals surface area contributed by atoms with E-state index in [1.54, 1.807) is 11.0 Å². The molecule has 0 saturated carbocycles. The average Bonchev–Trinajstić information content (AvgIpc) is 2.65. The van der Waals surface area contributed by atoms with Crippen LogP contribution in [0.3, 0.4) is 0 Å². The second-order valence-electron chi connectivity index (χ2n) is 6.88. The molecule has 2 N–H and O–H groups in total. The van der Waals surface area contributed by atoms with Gasteiger partial charge in [-0.25, -0.2) is 0 Å². The van der Waals surface area contributed by atoms with E-state index in [1.165, 1.54) is 18.1 Å². The molecular formula is C18H22Cl2N2O5. The lowest BCUT2D eigenvalue weighted by molar-refractivity contribution is -0.157.